The minimum Gasteiger partial charge on any atom is -0.493 e. The van der Waals surface area contributed by atoms with Crippen molar-refractivity contribution < 1.29 is 14.3 Å². The van der Waals surface area contributed by atoms with E-state index in [1.165, 1.54) is 0 Å². The minimum absolute atomic E-state index is 0. The van der Waals surface area contributed by atoms with E-state index < -0.39 is 0 Å². The van der Waals surface area contributed by atoms with Crippen LogP contribution in [0, 0.1) is 0 Å². The van der Waals surface area contributed by atoms with Crippen molar-refractivity contribution in [2.75, 3.05) is 53.0 Å². The van der Waals surface area contributed by atoms with Crippen LogP contribution in [0.1, 0.15) is 30.1 Å². The summed E-state index contributed by atoms with van der Waals surface area (Å²) in [5.74, 6) is 0.821. The zero-order chi connectivity index (χ0) is 18.1. The lowest BCUT2D eigenvalue weighted by Crippen LogP contribution is -2.46. The Kier molecular flexibility index (Phi) is 10.7. The third kappa shape index (κ3) is 6.83. The van der Waals surface area contributed by atoms with Gasteiger partial charge in [-0.15, -0.1) is 12.4 Å². The molecule has 1 saturated heterocycles. The van der Waals surface area contributed by atoms with Crippen LogP contribution in [0.25, 0.3) is 0 Å². The monoisotopic (exact) mass is 405 g/mol. The molecule has 1 aliphatic heterocycles. The number of hydrogen-bond donors (Lipinski definition) is 2. The standard InChI is InChI=1S/C18H28ClN3O3.ClH/c1-3-4-11-25-17-15(19)12-14(13-16(17)24-2)18(23)21-7-10-22-8-5-20-6-9-22;/h12-13,20H,3-11H2,1-2H3,(H,21,23);1H. The Balaban J connectivity index is 0.00000338. The van der Waals surface area contributed by atoms with E-state index in [1.54, 1.807) is 19.2 Å². The first-order valence-electron chi connectivity index (χ1n) is 8.87. The van der Waals surface area contributed by atoms with Gasteiger partial charge in [-0.25, -0.2) is 0 Å². The number of nitrogens with zero attached hydrogens (tertiary/aromatic N) is 1. The quantitative estimate of drug-likeness (QED) is 0.618. The van der Waals surface area contributed by atoms with Crippen molar-refractivity contribution in [3.63, 3.8) is 0 Å². The van der Waals surface area contributed by atoms with Gasteiger partial charge < -0.3 is 20.1 Å². The van der Waals surface area contributed by atoms with Gasteiger partial charge in [-0.2, -0.15) is 0 Å². The van der Waals surface area contributed by atoms with Gasteiger partial charge >= 0.3 is 0 Å². The molecule has 8 heteroatoms. The molecular formula is C18H29Cl2N3O3. The van der Waals surface area contributed by atoms with Gasteiger partial charge in [0.15, 0.2) is 11.5 Å². The van der Waals surface area contributed by atoms with Crippen LogP contribution < -0.4 is 20.1 Å². The molecule has 148 valence electrons. The molecule has 0 bridgehead atoms. The third-order valence-electron chi connectivity index (χ3n) is 4.16. The lowest BCUT2D eigenvalue weighted by molar-refractivity contribution is 0.0947. The fourth-order valence-corrected chi connectivity index (χ4v) is 2.94. The minimum atomic E-state index is -0.157. The van der Waals surface area contributed by atoms with Crippen molar-refractivity contribution in [1.82, 2.24) is 15.5 Å². The molecule has 1 heterocycles. The molecule has 1 aromatic carbocycles. The van der Waals surface area contributed by atoms with Crippen LogP contribution in [0.4, 0.5) is 0 Å². The zero-order valence-corrected chi connectivity index (χ0v) is 17.0. The SMILES string of the molecule is CCCCOc1c(Cl)cc(C(=O)NCCN2CCNCC2)cc1OC.Cl. The van der Waals surface area contributed by atoms with Gasteiger partial charge in [-0.1, -0.05) is 24.9 Å². The molecular weight excluding hydrogens is 377 g/mol. The first-order chi connectivity index (χ1) is 12.2. The number of hydrogen-bond acceptors (Lipinski definition) is 5. The summed E-state index contributed by atoms with van der Waals surface area (Å²) in [4.78, 5) is 14.7. The lowest BCUT2D eigenvalue weighted by Gasteiger charge is -2.27. The van der Waals surface area contributed by atoms with Gasteiger partial charge in [0, 0.05) is 44.8 Å². The highest BCUT2D eigenvalue weighted by atomic mass is 35.5. The predicted octanol–water partition coefficient (Wildman–Crippen LogP) is 2.58. The molecule has 26 heavy (non-hydrogen) atoms. The third-order valence-corrected chi connectivity index (χ3v) is 4.44. The molecule has 2 N–H and O–H groups in total. The smallest absolute Gasteiger partial charge is 0.251 e. The number of rotatable bonds is 9. The number of ether oxygens (including phenoxy) is 2. The Labute approximate surface area is 167 Å². The van der Waals surface area contributed by atoms with E-state index in [9.17, 15) is 4.79 Å². The zero-order valence-electron chi connectivity index (χ0n) is 15.5. The van der Waals surface area contributed by atoms with Crippen LogP contribution in [-0.4, -0.2) is 63.8 Å². The van der Waals surface area contributed by atoms with Crippen LogP contribution >= 0.6 is 24.0 Å². The number of carbonyl (C=O) groups is 1. The highest BCUT2D eigenvalue weighted by Crippen LogP contribution is 2.36. The van der Waals surface area contributed by atoms with Gasteiger partial charge in [0.05, 0.1) is 18.7 Å². The number of halogens is 2. The Morgan fingerprint density at radius 2 is 2.08 bits per heavy atom. The van der Waals surface area contributed by atoms with Crippen molar-refractivity contribution in [2.24, 2.45) is 0 Å². The molecule has 1 fully saturated rings. The number of benzene rings is 1. The molecule has 0 aromatic heterocycles. The largest absolute Gasteiger partial charge is 0.493 e. The molecule has 6 nitrogen and oxygen atoms in total. The highest BCUT2D eigenvalue weighted by molar-refractivity contribution is 6.32. The van der Waals surface area contributed by atoms with E-state index >= 15 is 0 Å². The molecule has 0 unspecified atom stereocenters. The molecule has 1 amide bonds. The second kappa shape index (κ2) is 12.2. The number of nitrogens with one attached hydrogen (secondary N) is 2. The number of amides is 1. The number of unbranched alkanes of at least 4 members (excludes halogenated alkanes) is 1. The summed E-state index contributed by atoms with van der Waals surface area (Å²) < 4.78 is 11.0. The van der Waals surface area contributed by atoms with Crippen LogP contribution in [0.15, 0.2) is 12.1 Å². The predicted molar refractivity (Wildman–Crippen MR) is 107 cm³/mol. The molecule has 2 rings (SSSR count). The van der Waals surface area contributed by atoms with E-state index in [1.807, 2.05) is 0 Å². The van der Waals surface area contributed by atoms with Gasteiger partial charge in [0.1, 0.15) is 0 Å². The van der Waals surface area contributed by atoms with E-state index in [0.717, 1.165) is 45.6 Å². The first-order valence-corrected chi connectivity index (χ1v) is 9.25. The highest BCUT2D eigenvalue weighted by Gasteiger charge is 2.16. The fraction of sp³-hybridized carbons (Fsp3) is 0.611. The van der Waals surface area contributed by atoms with Crippen molar-refractivity contribution in [2.45, 2.75) is 19.8 Å². The molecule has 0 saturated carbocycles. The summed E-state index contributed by atoms with van der Waals surface area (Å²) in [6, 6.07) is 3.30. The average molecular weight is 406 g/mol. The molecule has 0 atom stereocenters. The number of methoxy groups -OCH3 is 1. The van der Waals surface area contributed by atoms with E-state index in [4.69, 9.17) is 21.1 Å². The van der Waals surface area contributed by atoms with Gasteiger partial charge in [-0.3, -0.25) is 9.69 Å². The fourth-order valence-electron chi connectivity index (χ4n) is 2.67. The van der Waals surface area contributed by atoms with Gasteiger partial charge in [0.2, 0.25) is 0 Å². The molecule has 1 aliphatic rings. The van der Waals surface area contributed by atoms with Crippen LogP contribution in [0.3, 0.4) is 0 Å². The summed E-state index contributed by atoms with van der Waals surface area (Å²) in [6.45, 7) is 8.14. The van der Waals surface area contributed by atoms with Crippen LogP contribution in [-0.2, 0) is 0 Å². The second-order valence-corrected chi connectivity index (χ2v) is 6.45. The second-order valence-electron chi connectivity index (χ2n) is 6.04. The summed E-state index contributed by atoms with van der Waals surface area (Å²) in [7, 11) is 1.55. The Morgan fingerprint density at radius 1 is 1.35 bits per heavy atom. The van der Waals surface area contributed by atoms with E-state index in [2.05, 4.69) is 22.5 Å². The Hall–Kier alpha value is -1.21. The van der Waals surface area contributed by atoms with Crippen LogP contribution in [0.5, 0.6) is 11.5 Å². The normalized spacial score (nSPS) is 14.4. The molecule has 0 radical (unpaired) electrons. The van der Waals surface area contributed by atoms with Crippen molar-refractivity contribution in [1.29, 1.82) is 0 Å². The van der Waals surface area contributed by atoms with E-state index in [-0.39, 0.29) is 18.3 Å². The van der Waals surface area contributed by atoms with Crippen molar-refractivity contribution in [3.8, 4) is 11.5 Å². The van der Waals surface area contributed by atoms with Gasteiger partial charge in [-0.05, 0) is 18.6 Å². The summed E-state index contributed by atoms with van der Waals surface area (Å²) in [6.07, 6.45) is 1.97. The summed E-state index contributed by atoms with van der Waals surface area (Å²) in [5.41, 5.74) is 0.477. The Morgan fingerprint density at radius 3 is 2.73 bits per heavy atom. The molecule has 1 aromatic rings. The average Bonchev–Trinajstić information content (AvgIpc) is 2.63. The summed E-state index contributed by atoms with van der Waals surface area (Å²) in [5, 5.41) is 6.64. The number of piperazine rings is 1. The molecule has 0 spiro atoms. The first kappa shape index (κ1) is 22.8. The van der Waals surface area contributed by atoms with Crippen molar-refractivity contribution >= 4 is 29.9 Å². The Bertz CT molecular complexity index is 567. The maximum atomic E-state index is 12.4. The van der Waals surface area contributed by atoms with Gasteiger partial charge in [0.25, 0.3) is 5.91 Å². The maximum absolute atomic E-state index is 12.4. The topological polar surface area (TPSA) is 62.8 Å². The van der Waals surface area contributed by atoms with Crippen molar-refractivity contribution in [3.05, 3.63) is 22.7 Å². The van der Waals surface area contributed by atoms with E-state index in [0.29, 0.717) is 35.2 Å². The van der Waals surface area contributed by atoms with Crippen LogP contribution in [0.2, 0.25) is 5.02 Å². The number of carbonyl (C=O) groups excluding carboxylic acids is 1. The molecule has 0 aliphatic carbocycles. The maximum Gasteiger partial charge on any atom is 0.251 e. The lowest BCUT2D eigenvalue weighted by atomic mass is 10.2. The summed E-state index contributed by atoms with van der Waals surface area (Å²) >= 11 is 6.29.